The molecule has 0 fully saturated rings. The van der Waals surface area contributed by atoms with Gasteiger partial charge in [0.25, 0.3) is 0 Å². The first-order valence-corrected chi connectivity index (χ1v) is 8.08. The van der Waals surface area contributed by atoms with Crippen LogP contribution in [0, 0.1) is 0 Å². The van der Waals surface area contributed by atoms with Crippen LogP contribution >= 0.6 is 0 Å². The maximum Gasteiger partial charge on any atom is 0.150 e. The molecule has 0 atom stereocenters. The van der Waals surface area contributed by atoms with Crippen molar-refractivity contribution in [2.24, 2.45) is 0 Å². The van der Waals surface area contributed by atoms with Gasteiger partial charge in [-0.05, 0) is 45.5 Å². The summed E-state index contributed by atoms with van der Waals surface area (Å²) in [5, 5.41) is 0. The van der Waals surface area contributed by atoms with Crippen LogP contribution in [-0.2, 0) is 0 Å². The molecule has 0 spiro atoms. The Hall–Kier alpha value is -3.00. The van der Waals surface area contributed by atoms with E-state index in [0.717, 1.165) is 12.6 Å². The maximum atomic E-state index is 11.2. The molecule has 3 aromatic rings. The van der Waals surface area contributed by atoms with Crippen LogP contribution in [0.25, 0.3) is 0 Å². The van der Waals surface area contributed by atoms with E-state index in [1.165, 1.54) is 33.4 Å². The van der Waals surface area contributed by atoms with Gasteiger partial charge in [0.05, 0.1) is 0 Å². The standard InChI is InChI=1S/C22H14O2/c23-11-13-5-7-17-19(9-13)22-16-4-2-1-3-15(16)21(17)18-8-6-14(12-24)10-20(18)22/h1-12,21-22H. The summed E-state index contributed by atoms with van der Waals surface area (Å²) >= 11 is 0. The lowest BCUT2D eigenvalue weighted by atomic mass is 9.61. The Morgan fingerprint density at radius 2 is 0.958 bits per heavy atom. The van der Waals surface area contributed by atoms with Crippen LogP contribution < -0.4 is 0 Å². The van der Waals surface area contributed by atoms with Crippen LogP contribution in [0.5, 0.6) is 0 Å². The van der Waals surface area contributed by atoms with E-state index in [4.69, 9.17) is 0 Å². The lowest BCUT2D eigenvalue weighted by Gasteiger charge is -2.42. The minimum Gasteiger partial charge on any atom is -0.298 e. The summed E-state index contributed by atoms with van der Waals surface area (Å²) < 4.78 is 0. The first-order chi connectivity index (χ1) is 11.8. The van der Waals surface area contributed by atoms with E-state index in [-0.39, 0.29) is 11.8 Å². The Bertz CT molecular complexity index is 957. The monoisotopic (exact) mass is 310 g/mol. The number of hydrogen-bond donors (Lipinski definition) is 0. The average Bonchev–Trinajstić information content (AvgIpc) is 2.66. The second-order valence-corrected chi connectivity index (χ2v) is 6.51. The molecule has 0 N–H and O–H groups in total. The van der Waals surface area contributed by atoms with Crippen molar-refractivity contribution in [2.45, 2.75) is 11.8 Å². The molecule has 6 rings (SSSR count). The zero-order valence-electron chi connectivity index (χ0n) is 12.9. The number of hydrogen-bond acceptors (Lipinski definition) is 2. The molecule has 0 amide bonds. The summed E-state index contributed by atoms with van der Waals surface area (Å²) in [6.07, 6.45) is 1.80. The molecule has 2 nitrogen and oxygen atoms in total. The van der Waals surface area contributed by atoms with Crippen molar-refractivity contribution in [1.82, 2.24) is 0 Å². The van der Waals surface area contributed by atoms with Gasteiger partial charge in [-0.2, -0.15) is 0 Å². The van der Waals surface area contributed by atoms with E-state index in [2.05, 4.69) is 36.4 Å². The number of benzene rings is 3. The highest BCUT2D eigenvalue weighted by Crippen LogP contribution is 2.55. The summed E-state index contributed by atoms with van der Waals surface area (Å²) in [7, 11) is 0. The van der Waals surface area contributed by atoms with E-state index in [1.807, 2.05) is 24.3 Å². The predicted molar refractivity (Wildman–Crippen MR) is 92.0 cm³/mol. The highest BCUT2D eigenvalue weighted by atomic mass is 16.1. The molecule has 0 heterocycles. The van der Waals surface area contributed by atoms with E-state index in [0.29, 0.717) is 11.1 Å². The molecule has 3 aromatic carbocycles. The van der Waals surface area contributed by atoms with E-state index >= 15 is 0 Å². The molecule has 0 radical (unpaired) electrons. The second-order valence-electron chi connectivity index (χ2n) is 6.51. The third-order valence-electron chi connectivity index (χ3n) is 5.36. The summed E-state index contributed by atoms with van der Waals surface area (Å²) in [5.41, 5.74) is 8.96. The predicted octanol–water partition coefficient (Wildman–Crippen LogP) is 4.30. The van der Waals surface area contributed by atoms with Crippen molar-refractivity contribution in [3.05, 3.63) is 105 Å². The highest BCUT2D eigenvalue weighted by molar-refractivity contribution is 5.80. The van der Waals surface area contributed by atoms with Crippen molar-refractivity contribution >= 4 is 12.6 Å². The summed E-state index contributed by atoms with van der Waals surface area (Å²) in [5.74, 6) is 0.272. The van der Waals surface area contributed by atoms with Gasteiger partial charge in [0.15, 0.2) is 0 Å². The molecular formula is C22H14O2. The normalized spacial score (nSPS) is 19.2. The number of carbonyl (C=O) groups is 2. The van der Waals surface area contributed by atoms with Crippen LogP contribution in [0.15, 0.2) is 60.7 Å². The molecule has 114 valence electrons. The quantitative estimate of drug-likeness (QED) is 0.456. The molecule has 3 aliphatic rings. The third-order valence-corrected chi connectivity index (χ3v) is 5.36. The maximum absolute atomic E-state index is 11.2. The largest absolute Gasteiger partial charge is 0.298 e. The average molecular weight is 310 g/mol. The van der Waals surface area contributed by atoms with Gasteiger partial charge in [-0.25, -0.2) is 0 Å². The first kappa shape index (κ1) is 13.4. The van der Waals surface area contributed by atoms with Gasteiger partial charge in [-0.1, -0.05) is 48.5 Å². The van der Waals surface area contributed by atoms with Crippen molar-refractivity contribution in [3.63, 3.8) is 0 Å². The lowest BCUT2D eigenvalue weighted by Crippen LogP contribution is -2.27. The van der Waals surface area contributed by atoms with Gasteiger partial charge in [-0.15, -0.1) is 0 Å². The fourth-order valence-corrected chi connectivity index (χ4v) is 4.40. The van der Waals surface area contributed by atoms with Crippen LogP contribution in [-0.4, -0.2) is 12.6 Å². The topological polar surface area (TPSA) is 34.1 Å². The minimum atomic E-state index is 0.0935. The molecule has 0 aliphatic heterocycles. The van der Waals surface area contributed by atoms with Crippen molar-refractivity contribution in [3.8, 4) is 0 Å². The lowest BCUT2D eigenvalue weighted by molar-refractivity contribution is 0.111. The van der Waals surface area contributed by atoms with Gasteiger partial charge in [0, 0.05) is 23.0 Å². The van der Waals surface area contributed by atoms with Gasteiger partial charge in [-0.3, -0.25) is 9.59 Å². The molecule has 0 saturated heterocycles. The van der Waals surface area contributed by atoms with Crippen molar-refractivity contribution in [2.75, 3.05) is 0 Å². The molecule has 2 heteroatoms. The van der Waals surface area contributed by atoms with Crippen LogP contribution in [0.3, 0.4) is 0 Å². The first-order valence-electron chi connectivity index (χ1n) is 8.08. The third kappa shape index (κ3) is 1.60. The number of aldehydes is 2. The zero-order valence-corrected chi connectivity index (χ0v) is 12.9. The van der Waals surface area contributed by atoms with Gasteiger partial charge >= 0.3 is 0 Å². The summed E-state index contributed by atoms with van der Waals surface area (Å²) in [4.78, 5) is 22.5. The Balaban J connectivity index is 1.87. The van der Waals surface area contributed by atoms with Crippen molar-refractivity contribution < 1.29 is 9.59 Å². The van der Waals surface area contributed by atoms with Crippen LogP contribution in [0.4, 0.5) is 0 Å². The SMILES string of the molecule is O=Cc1ccc2c(c1)C1c3ccccc3C2c2ccc(C=O)cc21. The Kier molecular flexibility index (Phi) is 2.66. The molecule has 2 bridgehead atoms. The number of carbonyl (C=O) groups excluding carboxylic acids is 2. The minimum absolute atomic E-state index is 0.0935. The van der Waals surface area contributed by atoms with Gasteiger partial charge in [0.2, 0.25) is 0 Å². The molecule has 3 aliphatic carbocycles. The van der Waals surface area contributed by atoms with E-state index < -0.39 is 0 Å². The smallest absolute Gasteiger partial charge is 0.150 e. The molecule has 0 saturated carbocycles. The van der Waals surface area contributed by atoms with Crippen LogP contribution in [0.2, 0.25) is 0 Å². The Morgan fingerprint density at radius 1 is 0.542 bits per heavy atom. The molecule has 0 unspecified atom stereocenters. The molecule has 24 heavy (non-hydrogen) atoms. The second kappa shape index (κ2) is 4.75. The van der Waals surface area contributed by atoms with Gasteiger partial charge < -0.3 is 0 Å². The number of rotatable bonds is 2. The van der Waals surface area contributed by atoms with E-state index in [9.17, 15) is 9.59 Å². The van der Waals surface area contributed by atoms with E-state index in [1.54, 1.807) is 0 Å². The fourth-order valence-electron chi connectivity index (χ4n) is 4.40. The summed E-state index contributed by atoms with van der Waals surface area (Å²) in [6, 6.07) is 20.5. The Labute approximate surface area is 139 Å². The van der Waals surface area contributed by atoms with Crippen molar-refractivity contribution in [1.29, 1.82) is 0 Å². The highest BCUT2D eigenvalue weighted by Gasteiger charge is 2.41. The van der Waals surface area contributed by atoms with Crippen LogP contribution in [0.1, 0.15) is 65.9 Å². The fraction of sp³-hybridized carbons (Fsp3) is 0.0909. The molecule has 0 aromatic heterocycles. The Morgan fingerprint density at radius 3 is 1.42 bits per heavy atom. The summed E-state index contributed by atoms with van der Waals surface area (Å²) in [6.45, 7) is 0. The molecular weight excluding hydrogens is 296 g/mol. The zero-order chi connectivity index (χ0) is 16.3. The van der Waals surface area contributed by atoms with Gasteiger partial charge in [0.1, 0.15) is 12.6 Å².